The van der Waals surface area contributed by atoms with Gasteiger partial charge in [0.25, 0.3) is 5.91 Å². The van der Waals surface area contributed by atoms with E-state index >= 15 is 0 Å². The normalized spacial score (nSPS) is 11.4. The Bertz CT molecular complexity index is 1050. The summed E-state index contributed by atoms with van der Waals surface area (Å²) in [5, 5.41) is 3.38. The molecule has 144 valence electrons. The van der Waals surface area contributed by atoms with Gasteiger partial charge in [0.1, 0.15) is 0 Å². The van der Waals surface area contributed by atoms with Gasteiger partial charge >= 0.3 is 0 Å². The number of rotatable bonds is 6. The molecule has 0 aliphatic rings. The highest BCUT2D eigenvalue weighted by atomic mass is 35.5. The first-order valence-electron chi connectivity index (χ1n) is 8.53. The van der Waals surface area contributed by atoms with Crippen LogP contribution in [0.25, 0.3) is 0 Å². The summed E-state index contributed by atoms with van der Waals surface area (Å²) >= 11 is 5.84. The molecular weight excluding hydrogens is 396 g/mol. The smallest absolute Gasteiger partial charge is 0.255 e. The van der Waals surface area contributed by atoms with Crippen LogP contribution in [0.3, 0.4) is 0 Å². The zero-order valence-corrected chi connectivity index (χ0v) is 16.7. The number of carbonyl (C=O) groups is 1. The van der Waals surface area contributed by atoms with Crippen molar-refractivity contribution in [1.82, 2.24) is 4.31 Å². The topological polar surface area (TPSA) is 66.5 Å². The number of anilines is 1. The van der Waals surface area contributed by atoms with Crippen LogP contribution in [0.5, 0.6) is 0 Å². The van der Waals surface area contributed by atoms with Gasteiger partial charge in [-0.05, 0) is 54.1 Å². The summed E-state index contributed by atoms with van der Waals surface area (Å²) in [5.74, 6) is -0.251. The minimum absolute atomic E-state index is 0.205. The molecular formula is C21H19ClN2O3S. The van der Waals surface area contributed by atoms with Gasteiger partial charge < -0.3 is 5.32 Å². The molecule has 5 nitrogen and oxygen atoms in total. The van der Waals surface area contributed by atoms with Crippen molar-refractivity contribution < 1.29 is 13.2 Å². The van der Waals surface area contributed by atoms with Crippen molar-refractivity contribution in [3.05, 3.63) is 95.0 Å². The van der Waals surface area contributed by atoms with E-state index in [9.17, 15) is 13.2 Å². The maximum Gasteiger partial charge on any atom is 0.255 e. The lowest BCUT2D eigenvalue weighted by Gasteiger charge is -2.17. The number of amides is 1. The lowest BCUT2D eigenvalue weighted by molar-refractivity contribution is 0.102. The van der Waals surface area contributed by atoms with Crippen LogP contribution < -0.4 is 5.32 Å². The molecule has 0 saturated heterocycles. The second-order valence-corrected chi connectivity index (χ2v) is 8.71. The minimum Gasteiger partial charge on any atom is -0.322 e. The average Bonchev–Trinajstić information content (AvgIpc) is 2.71. The fourth-order valence-corrected chi connectivity index (χ4v) is 3.92. The molecule has 0 aromatic heterocycles. The lowest BCUT2D eigenvalue weighted by Crippen LogP contribution is -2.26. The Labute approximate surface area is 169 Å². The lowest BCUT2D eigenvalue weighted by atomic mass is 10.1. The van der Waals surface area contributed by atoms with E-state index in [0.29, 0.717) is 16.3 Å². The van der Waals surface area contributed by atoms with Crippen molar-refractivity contribution in [3.63, 3.8) is 0 Å². The highest BCUT2D eigenvalue weighted by Crippen LogP contribution is 2.18. The molecule has 1 N–H and O–H groups in total. The predicted octanol–water partition coefficient (Wildman–Crippen LogP) is 4.41. The van der Waals surface area contributed by atoms with Crippen LogP contribution in [-0.2, 0) is 16.6 Å². The fourth-order valence-electron chi connectivity index (χ4n) is 2.61. The van der Waals surface area contributed by atoms with Crippen molar-refractivity contribution in [1.29, 1.82) is 0 Å². The number of carbonyl (C=O) groups excluding carboxylic acids is 1. The molecule has 3 aromatic rings. The number of halogens is 1. The van der Waals surface area contributed by atoms with Crippen LogP contribution in [-0.4, -0.2) is 25.7 Å². The molecule has 0 radical (unpaired) electrons. The van der Waals surface area contributed by atoms with Gasteiger partial charge in [-0.15, -0.1) is 0 Å². The molecule has 3 aromatic carbocycles. The molecule has 0 spiro atoms. The van der Waals surface area contributed by atoms with Crippen molar-refractivity contribution in [2.24, 2.45) is 0 Å². The van der Waals surface area contributed by atoms with Gasteiger partial charge in [0.15, 0.2) is 0 Å². The average molecular weight is 415 g/mol. The number of nitrogens with zero attached hydrogens (tertiary/aromatic N) is 1. The van der Waals surface area contributed by atoms with Crippen LogP contribution in [0, 0.1) is 0 Å². The number of hydrogen-bond donors (Lipinski definition) is 1. The zero-order chi connectivity index (χ0) is 20.1. The van der Waals surface area contributed by atoms with E-state index < -0.39 is 10.0 Å². The third-order valence-electron chi connectivity index (χ3n) is 4.17. The maximum absolute atomic E-state index is 12.6. The molecule has 0 aliphatic carbocycles. The number of benzene rings is 3. The molecule has 0 fully saturated rings. The molecule has 7 heteroatoms. The summed E-state index contributed by atoms with van der Waals surface area (Å²) in [5.41, 5.74) is 1.91. The highest BCUT2D eigenvalue weighted by Gasteiger charge is 2.20. The van der Waals surface area contributed by atoms with E-state index in [0.717, 1.165) is 5.56 Å². The first kappa shape index (κ1) is 20.1. The van der Waals surface area contributed by atoms with Crippen molar-refractivity contribution in [2.75, 3.05) is 12.4 Å². The van der Waals surface area contributed by atoms with E-state index in [-0.39, 0.29) is 17.3 Å². The molecule has 28 heavy (non-hydrogen) atoms. The monoisotopic (exact) mass is 414 g/mol. The van der Waals surface area contributed by atoms with Crippen LogP contribution >= 0.6 is 11.6 Å². The largest absolute Gasteiger partial charge is 0.322 e. The quantitative estimate of drug-likeness (QED) is 0.649. The predicted molar refractivity (Wildman–Crippen MR) is 111 cm³/mol. The molecule has 0 aliphatic heterocycles. The highest BCUT2D eigenvalue weighted by molar-refractivity contribution is 7.89. The third kappa shape index (κ3) is 4.78. The van der Waals surface area contributed by atoms with Crippen molar-refractivity contribution >= 4 is 33.2 Å². The summed E-state index contributed by atoms with van der Waals surface area (Å²) in [6.45, 7) is 0.205. The third-order valence-corrected chi connectivity index (χ3v) is 6.24. The first-order chi connectivity index (χ1) is 13.4. The Morgan fingerprint density at radius 2 is 1.54 bits per heavy atom. The minimum atomic E-state index is -3.56. The summed E-state index contributed by atoms with van der Waals surface area (Å²) in [7, 11) is -2.03. The van der Waals surface area contributed by atoms with Gasteiger partial charge in [-0.2, -0.15) is 4.31 Å². The van der Waals surface area contributed by atoms with Crippen LogP contribution in [0.2, 0.25) is 5.02 Å². The number of hydrogen-bond acceptors (Lipinski definition) is 3. The van der Waals surface area contributed by atoms with Gasteiger partial charge in [0.05, 0.1) is 4.90 Å². The Kier molecular flexibility index (Phi) is 6.14. The van der Waals surface area contributed by atoms with Gasteiger partial charge in [0.2, 0.25) is 10.0 Å². The zero-order valence-electron chi connectivity index (χ0n) is 15.2. The summed E-state index contributed by atoms with van der Waals surface area (Å²) < 4.78 is 26.5. The molecule has 0 heterocycles. The molecule has 3 rings (SSSR count). The second-order valence-electron chi connectivity index (χ2n) is 6.23. The molecule has 0 bridgehead atoms. The van der Waals surface area contributed by atoms with E-state index in [1.54, 1.807) is 78.9 Å². The number of sulfonamides is 1. The van der Waals surface area contributed by atoms with E-state index in [1.165, 1.54) is 11.4 Å². The van der Waals surface area contributed by atoms with Crippen LogP contribution in [0.1, 0.15) is 15.9 Å². The van der Waals surface area contributed by atoms with Crippen molar-refractivity contribution in [3.8, 4) is 0 Å². The Morgan fingerprint density at radius 1 is 0.929 bits per heavy atom. The Morgan fingerprint density at radius 3 is 2.14 bits per heavy atom. The van der Waals surface area contributed by atoms with Crippen LogP contribution in [0.15, 0.2) is 83.8 Å². The van der Waals surface area contributed by atoms with Gasteiger partial charge in [0, 0.05) is 29.9 Å². The summed E-state index contributed by atoms with van der Waals surface area (Å²) in [4.78, 5) is 12.6. The molecule has 1 amide bonds. The molecule has 0 saturated carbocycles. The van der Waals surface area contributed by atoms with E-state index in [2.05, 4.69) is 5.32 Å². The molecule has 0 unspecified atom stereocenters. The first-order valence-corrected chi connectivity index (χ1v) is 10.4. The summed E-state index contributed by atoms with van der Waals surface area (Å²) in [6.07, 6.45) is 0. The van der Waals surface area contributed by atoms with Gasteiger partial charge in [-0.25, -0.2) is 8.42 Å². The van der Waals surface area contributed by atoms with E-state index in [4.69, 9.17) is 11.6 Å². The molecule has 0 atom stereocenters. The van der Waals surface area contributed by atoms with Gasteiger partial charge in [-0.3, -0.25) is 4.79 Å². The SMILES string of the molecule is CN(Cc1ccc(C(=O)Nc2ccc(Cl)cc2)cc1)S(=O)(=O)c1ccccc1. The second kappa shape index (κ2) is 8.56. The maximum atomic E-state index is 12.6. The van der Waals surface area contributed by atoms with E-state index in [1.807, 2.05) is 0 Å². The van der Waals surface area contributed by atoms with Gasteiger partial charge in [-0.1, -0.05) is 41.9 Å². The fraction of sp³-hybridized carbons (Fsp3) is 0.0952. The van der Waals surface area contributed by atoms with Crippen molar-refractivity contribution in [2.45, 2.75) is 11.4 Å². The Balaban J connectivity index is 1.67. The number of nitrogens with one attached hydrogen (secondary N) is 1. The summed E-state index contributed by atoms with van der Waals surface area (Å²) in [6, 6.07) is 21.9. The Hall–Kier alpha value is -2.67. The standard InChI is InChI=1S/C21H19ClN2O3S/c1-24(28(26,27)20-5-3-2-4-6-20)15-16-7-9-17(10-8-16)21(25)23-19-13-11-18(22)12-14-19/h2-14H,15H2,1H3,(H,23,25). The van der Waals surface area contributed by atoms with Crippen LogP contribution in [0.4, 0.5) is 5.69 Å².